The first-order chi connectivity index (χ1) is 8.75. The molecule has 0 amide bonds. The molecule has 3 rings (SSSR count). The highest BCUT2D eigenvalue weighted by Crippen LogP contribution is 2.38. The number of piperidine rings is 1. The normalized spacial score (nSPS) is 24.4. The molecule has 1 unspecified atom stereocenters. The minimum absolute atomic E-state index is 0.655. The molecular formula is C16H24N2. The van der Waals surface area contributed by atoms with E-state index in [1.165, 1.54) is 55.6 Å². The zero-order chi connectivity index (χ0) is 12.5. The number of rotatable bonds is 1. The number of nitrogens with one attached hydrogen (secondary N) is 1. The molecule has 0 saturated carbocycles. The van der Waals surface area contributed by atoms with Crippen molar-refractivity contribution in [2.45, 2.75) is 45.6 Å². The van der Waals surface area contributed by atoms with Gasteiger partial charge in [0.25, 0.3) is 0 Å². The number of fused-ring (bicyclic) bond motifs is 1. The van der Waals surface area contributed by atoms with Gasteiger partial charge in [-0.2, -0.15) is 0 Å². The van der Waals surface area contributed by atoms with Gasteiger partial charge in [-0.25, -0.2) is 0 Å². The molecule has 2 aliphatic rings. The summed E-state index contributed by atoms with van der Waals surface area (Å²) in [5.41, 5.74) is 5.79. The first-order valence-electron chi connectivity index (χ1n) is 7.35. The van der Waals surface area contributed by atoms with Crippen LogP contribution in [0.15, 0.2) is 12.1 Å². The minimum Gasteiger partial charge on any atom is -0.385 e. The van der Waals surface area contributed by atoms with Crippen LogP contribution in [0.2, 0.25) is 0 Å². The van der Waals surface area contributed by atoms with Gasteiger partial charge in [-0.15, -0.1) is 0 Å². The monoisotopic (exact) mass is 244 g/mol. The summed E-state index contributed by atoms with van der Waals surface area (Å²) in [5.74, 6) is 0. The molecular weight excluding hydrogens is 220 g/mol. The lowest BCUT2D eigenvalue weighted by atomic mass is 9.90. The maximum Gasteiger partial charge on any atom is 0.0394 e. The largest absolute Gasteiger partial charge is 0.385 e. The first kappa shape index (κ1) is 12.0. The summed E-state index contributed by atoms with van der Waals surface area (Å²) in [6, 6.07) is 5.31. The summed E-state index contributed by atoms with van der Waals surface area (Å²) >= 11 is 0. The van der Waals surface area contributed by atoms with Crippen molar-refractivity contribution in [3.63, 3.8) is 0 Å². The number of hydrogen-bond acceptors (Lipinski definition) is 2. The molecule has 1 aromatic carbocycles. The van der Waals surface area contributed by atoms with Gasteiger partial charge in [0.15, 0.2) is 0 Å². The Balaban J connectivity index is 1.95. The standard InChI is InChI=1S/C16H24N2/c1-12-10-13(2)16-14(11-12)17-7-6-15(16)18-8-4-3-5-9-18/h10-11,15,17H,3-9H2,1-2H3. The van der Waals surface area contributed by atoms with Gasteiger partial charge >= 0.3 is 0 Å². The maximum absolute atomic E-state index is 3.59. The average molecular weight is 244 g/mol. The van der Waals surface area contributed by atoms with Crippen molar-refractivity contribution < 1.29 is 0 Å². The van der Waals surface area contributed by atoms with Crippen LogP contribution in [0.1, 0.15) is 48.4 Å². The number of likely N-dealkylation sites (tertiary alicyclic amines) is 1. The van der Waals surface area contributed by atoms with Crippen LogP contribution in [0.4, 0.5) is 5.69 Å². The highest BCUT2D eigenvalue weighted by molar-refractivity contribution is 5.59. The molecule has 2 nitrogen and oxygen atoms in total. The zero-order valence-corrected chi connectivity index (χ0v) is 11.6. The molecule has 2 heteroatoms. The minimum atomic E-state index is 0.655. The molecule has 0 spiro atoms. The molecule has 0 aromatic heterocycles. The summed E-state index contributed by atoms with van der Waals surface area (Å²) in [4.78, 5) is 2.71. The summed E-state index contributed by atoms with van der Waals surface area (Å²) in [6.45, 7) is 8.17. The Kier molecular flexibility index (Phi) is 3.29. The van der Waals surface area contributed by atoms with Gasteiger partial charge in [0.05, 0.1) is 0 Å². The molecule has 1 atom stereocenters. The van der Waals surface area contributed by atoms with E-state index < -0.39 is 0 Å². The van der Waals surface area contributed by atoms with E-state index in [0.717, 1.165) is 6.54 Å². The van der Waals surface area contributed by atoms with E-state index in [9.17, 15) is 0 Å². The molecule has 2 aliphatic heterocycles. The quantitative estimate of drug-likeness (QED) is 0.811. The van der Waals surface area contributed by atoms with Crippen LogP contribution >= 0.6 is 0 Å². The van der Waals surface area contributed by atoms with Crippen LogP contribution < -0.4 is 5.32 Å². The van der Waals surface area contributed by atoms with Crippen LogP contribution in [0.5, 0.6) is 0 Å². The predicted molar refractivity (Wildman–Crippen MR) is 77.2 cm³/mol. The third-order valence-corrected chi connectivity index (χ3v) is 4.43. The first-order valence-corrected chi connectivity index (χ1v) is 7.35. The highest BCUT2D eigenvalue weighted by Gasteiger charge is 2.28. The Labute approximate surface area is 110 Å². The number of aryl methyl sites for hydroxylation is 2. The van der Waals surface area contributed by atoms with Gasteiger partial charge in [-0.1, -0.05) is 12.5 Å². The van der Waals surface area contributed by atoms with Gasteiger partial charge < -0.3 is 5.32 Å². The lowest BCUT2D eigenvalue weighted by Gasteiger charge is -2.39. The summed E-state index contributed by atoms with van der Waals surface area (Å²) in [5, 5.41) is 3.59. The van der Waals surface area contributed by atoms with Crippen molar-refractivity contribution in [2.24, 2.45) is 0 Å². The second-order valence-corrected chi connectivity index (χ2v) is 5.87. The number of benzene rings is 1. The van der Waals surface area contributed by atoms with Gasteiger partial charge in [-0.3, -0.25) is 4.90 Å². The molecule has 0 bridgehead atoms. The second kappa shape index (κ2) is 4.93. The maximum atomic E-state index is 3.59. The van der Waals surface area contributed by atoms with E-state index in [1.54, 1.807) is 5.56 Å². The fourth-order valence-corrected chi connectivity index (χ4v) is 3.65. The van der Waals surface area contributed by atoms with Gasteiger partial charge in [0, 0.05) is 18.3 Å². The zero-order valence-electron chi connectivity index (χ0n) is 11.6. The van der Waals surface area contributed by atoms with Gasteiger partial charge in [0.1, 0.15) is 0 Å². The van der Waals surface area contributed by atoms with Crippen molar-refractivity contribution in [1.29, 1.82) is 0 Å². The lowest BCUT2D eigenvalue weighted by molar-refractivity contribution is 0.155. The van der Waals surface area contributed by atoms with Crippen LogP contribution in [-0.2, 0) is 0 Å². The second-order valence-electron chi connectivity index (χ2n) is 5.87. The fourth-order valence-electron chi connectivity index (χ4n) is 3.65. The van der Waals surface area contributed by atoms with E-state index in [1.807, 2.05) is 0 Å². The summed E-state index contributed by atoms with van der Waals surface area (Å²) < 4.78 is 0. The lowest BCUT2D eigenvalue weighted by Crippen LogP contribution is -2.37. The Morgan fingerprint density at radius 1 is 1.11 bits per heavy atom. The molecule has 2 heterocycles. The van der Waals surface area contributed by atoms with E-state index in [0.29, 0.717) is 6.04 Å². The van der Waals surface area contributed by atoms with Crippen molar-refractivity contribution in [3.05, 3.63) is 28.8 Å². The molecule has 18 heavy (non-hydrogen) atoms. The Hall–Kier alpha value is -1.02. The van der Waals surface area contributed by atoms with Crippen molar-refractivity contribution in [1.82, 2.24) is 4.90 Å². The van der Waals surface area contributed by atoms with E-state index in [2.05, 4.69) is 36.2 Å². The number of hydrogen-bond donors (Lipinski definition) is 1. The molecule has 98 valence electrons. The third kappa shape index (κ3) is 2.14. The topological polar surface area (TPSA) is 15.3 Å². The SMILES string of the molecule is Cc1cc(C)c2c(c1)NCCC2N1CCCCC1. The Morgan fingerprint density at radius 2 is 1.89 bits per heavy atom. The average Bonchev–Trinajstić information content (AvgIpc) is 2.38. The smallest absolute Gasteiger partial charge is 0.0394 e. The highest BCUT2D eigenvalue weighted by atomic mass is 15.2. The van der Waals surface area contributed by atoms with Crippen LogP contribution in [0.3, 0.4) is 0 Å². The molecule has 1 aromatic rings. The van der Waals surface area contributed by atoms with Crippen LogP contribution in [-0.4, -0.2) is 24.5 Å². The fraction of sp³-hybridized carbons (Fsp3) is 0.625. The van der Waals surface area contributed by atoms with Crippen LogP contribution in [0, 0.1) is 13.8 Å². The number of anilines is 1. The third-order valence-electron chi connectivity index (χ3n) is 4.43. The Morgan fingerprint density at radius 3 is 2.67 bits per heavy atom. The van der Waals surface area contributed by atoms with E-state index in [4.69, 9.17) is 0 Å². The molecule has 1 N–H and O–H groups in total. The van der Waals surface area contributed by atoms with Gasteiger partial charge in [-0.05, 0) is 69.0 Å². The van der Waals surface area contributed by atoms with Crippen LogP contribution in [0.25, 0.3) is 0 Å². The van der Waals surface area contributed by atoms with E-state index >= 15 is 0 Å². The van der Waals surface area contributed by atoms with Crippen molar-refractivity contribution >= 4 is 5.69 Å². The molecule has 0 radical (unpaired) electrons. The number of nitrogens with zero attached hydrogens (tertiary/aromatic N) is 1. The molecule has 1 fully saturated rings. The van der Waals surface area contributed by atoms with Crippen molar-refractivity contribution in [2.75, 3.05) is 25.0 Å². The van der Waals surface area contributed by atoms with Crippen molar-refractivity contribution in [3.8, 4) is 0 Å². The van der Waals surface area contributed by atoms with E-state index in [-0.39, 0.29) is 0 Å². The molecule has 0 aliphatic carbocycles. The predicted octanol–water partition coefficient (Wildman–Crippen LogP) is 3.65. The summed E-state index contributed by atoms with van der Waals surface area (Å²) in [6.07, 6.45) is 5.44. The molecule has 1 saturated heterocycles. The summed E-state index contributed by atoms with van der Waals surface area (Å²) in [7, 11) is 0. The van der Waals surface area contributed by atoms with Gasteiger partial charge in [0.2, 0.25) is 0 Å². The Bertz CT molecular complexity index is 433.